The highest BCUT2D eigenvalue weighted by atomic mass is 35.5. The predicted molar refractivity (Wildman–Crippen MR) is 175 cm³/mol. The van der Waals surface area contributed by atoms with Gasteiger partial charge in [0.15, 0.2) is 5.11 Å². The van der Waals surface area contributed by atoms with Crippen molar-refractivity contribution in [3.8, 4) is 5.69 Å². The van der Waals surface area contributed by atoms with Crippen LogP contribution >= 0.6 is 23.8 Å². The molecule has 2 saturated heterocycles. The van der Waals surface area contributed by atoms with Crippen LogP contribution in [-0.4, -0.2) is 41.8 Å². The number of aromatic nitrogens is 2. The van der Waals surface area contributed by atoms with Crippen molar-refractivity contribution in [2.75, 3.05) is 41.9 Å². The number of hydrogen-bond acceptors (Lipinski definition) is 4. The van der Waals surface area contributed by atoms with E-state index in [1.54, 1.807) is 0 Å². The number of nitrogens with one attached hydrogen (secondary N) is 1. The van der Waals surface area contributed by atoms with Gasteiger partial charge in [0.2, 0.25) is 0 Å². The molecule has 1 N–H and O–H groups in total. The van der Waals surface area contributed by atoms with Gasteiger partial charge in [-0.1, -0.05) is 31.5 Å². The third-order valence-corrected chi connectivity index (χ3v) is 8.86. The first kappa shape index (κ1) is 27.6. The van der Waals surface area contributed by atoms with Gasteiger partial charge in [0.25, 0.3) is 0 Å². The molecule has 2 fully saturated rings. The Hall–Kier alpha value is -3.55. The molecule has 0 saturated carbocycles. The van der Waals surface area contributed by atoms with Crippen molar-refractivity contribution in [1.82, 2.24) is 14.9 Å². The molecule has 0 unspecified atom stereocenters. The van der Waals surface area contributed by atoms with Gasteiger partial charge in [0, 0.05) is 62.3 Å². The molecule has 6 rings (SSSR count). The van der Waals surface area contributed by atoms with Gasteiger partial charge in [0.05, 0.1) is 22.4 Å². The summed E-state index contributed by atoms with van der Waals surface area (Å²) in [6, 6.07) is 25.0. The second-order valence-corrected chi connectivity index (χ2v) is 12.5. The maximum Gasteiger partial charge on any atom is 0.174 e. The Morgan fingerprint density at radius 2 is 1.66 bits per heavy atom. The highest BCUT2D eigenvalue weighted by Gasteiger charge is 2.42. The van der Waals surface area contributed by atoms with Crippen LogP contribution in [0, 0.1) is 11.8 Å². The molecule has 0 bridgehead atoms. The fraction of sp³-hybridized carbons (Fsp3) is 0.333. The zero-order valence-electron chi connectivity index (χ0n) is 24.0. The number of pyridine rings is 1. The molecule has 0 amide bonds. The van der Waals surface area contributed by atoms with Crippen LogP contribution in [0.1, 0.15) is 43.7 Å². The Morgan fingerprint density at radius 1 is 0.927 bits per heavy atom. The molecule has 212 valence electrons. The quantitative estimate of drug-likeness (QED) is 0.241. The number of hydrogen-bond donors (Lipinski definition) is 1. The molecule has 2 aromatic carbocycles. The van der Waals surface area contributed by atoms with E-state index in [-0.39, 0.29) is 12.1 Å². The lowest BCUT2D eigenvalue weighted by molar-refractivity contribution is 0.357. The molecule has 0 spiro atoms. The molecule has 41 heavy (non-hydrogen) atoms. The number of nitrogens with zero attached hydrogens (tertiary/aromatic N) is 5. The molecule has 8 heteroatoms. The Bertz CT molecular complexity index is 1510. The van der Waals surface area contributed by atoms with Crippen molar-refractivity contribution in [1.29, 1.82) is 0 Å². The summed E-state index contributed by atoms with van der Waals surface area (Å²) in [4.78, 5) is 11.5. The Kier molecular flexibility index (Phi) is 7.66. The molecule has 2 aromatic heterocycles. The van der Waals surface area contributed by atoms with Crippen molar-refractivity contribution < 1.29 is 0 Å². The van der Waals surface area contributed by atoms with Gasteiger partial charge in [-0.2, -0.15) is 0 Å². The molecular formula is C33H37ClN6S. The smallest absolute Gasteiger partial charge is 0.174 e. The molecule has 4 atom stereocenters. The molecule has 2 aliphatic rings. The first-order valence-electron chi connectivity index (χ1n) is 14.3. The first-order chi connectivity index (χ1) is 19.8. The van der Waals surface area contributed by atoms with Crippen LogP contribution in [0.4, 0.5) is 17.1 Å². The largest absolute Gasteiger partial charge is 0.378 e. The van der Waals surface area contributed by atoms with Crippen LogP contribution in [0.2, 0.25) is 5.02 Å². The Morgan fingerprint density at radius 3 is 2.32 bits per heavy atom. The maximum absolute atomic E-state index is 7.02. The van der Waals surface area contributed by atoms with E-state index in [0.717, 1.165) is 52.2 Å². The van der Waals surface area contributed by atoms with Crippen molar-refractivity contribution in [2.24, 2.45) is 11.8 Å². The molecule has 4 aromatic rings. The molecule has 0 radical (unpaired) electrons. The minimum Gasteiger partial charge on any atom is -0.378 e. The van der Waals surface area contributed by atoms with Gasteiger partial charge < -0.3 is 24.6 Å². The average Bonchev–Trinajstić information content (AvgIpc) is 3.57. The van der Waals surface area contributed by atoms with Crippen LogP contribution in [0.5, 0.6) is 0 Å². The third kappa shape index (κ3) is 5.41. The second kappa shape index (κ2) is 11.4. The average molecular weight is 585 g/mol. The predicted octanol–water partition coefficient (Wildman–Crippen LogP) is 7.25. The van der Waals surface area contributed by atoms with E-state index < -0.39 is 0 Å². The highest BCUT2D eigenvalue weighted by molar-refractivity contribution is 7.80. The zero-order valence-corrected chi connectivity index (χ0v) is 25.6. The van der Waals surface area contributed by atoms with Gasteiger partial charge in [-0.3, -0.25) is 4.98 Å². The number of benzene rings is 2. The molecule has 6 nitrogen and oxygen atoms in total. The Labute approximate surface area is 253 Å². The van der Waals surface area contributed by atoms with Gasteiger partial charge in [0.1, 0.15) is 6.04 Å². The number of rotatable bonds is 6. The van der Waals surface area contributed by atoms with E-state index in [9.17, 15) is 0 Å². The van der Waals surface area contributed by atoms with Crippen LogP contribution in [0.25, 0.3) is 5.69 Å². The van der Waals surface area contributed by atoms with E-state index in [0.29, 0.717) is 16.9 Å². The summed E-state index contributed by atoms with van der Waals surface area (Å²) in [5, 5.41) is 5.00. The van der Waals surface area contributed by atoms with Crippen molar-refractivity contribution in [3.05, 3.63) is 102 Å². The summed E-state index contributed by atoms with van der Waals surface area (Å²) < 4.78 is 2.25. The van der Waals surface area contributed by atoms with Crippen LogP contribution in [-0.2, 0) is 0 Å². The van der Waals surface area contributed by atoms with Crippen molar-refractivity contribution >= 4 is 46.0 Å². The molecular weight excluding hydrogens is 548 g/mol. The summed E-state index contributed by atoms with van der Waals surface area (Å²) in [6.45, 7) is 6.70. The fourth-order valence-electron chi connectivity index (χ4n) is 6.48. The number of anilines is 3. The van der Waals surface area contributed by atoms with E-state index in [1.807, 2.05) is 18.3 Å². The third-order valence-electron chi connectivity index (χ3n) is 8.24. The normalized spacial score (nSPS) is 22.6. The molecule has 2 aliphatic heterocycles. The van der Waals surface area contributed by atoms with Crippen LogP contribution in [0.15, 0.2) is 85.2 Å². The second-order valence-electron chi connectivity index (χ2n) is 11.7. The zero-order chi connectivity index (χ0) is 28.7. The number of thiocarbonyl (C=S) groups is 1. The molecule has 0 aliphatic carbocycles. The van der Waals surface area contributed by atoms with Crippen LogP contribution < -0.4 is 20.0 Å². The number of halogens is 1. The summed E-state index contributed by atoms with van der Waals surface area (Å²) in [7, 11) is 4.11. The number of piperidine rings is 1. The maximum atomic E-state index is 7.02. The van der Waals surface area contributed by atoms with E-state index >= 15 is 0 Å². The van der Waals surface area contributed by atoms with Gasteiger partial charge >= 0.3 is 0 Å². The lowest BCUT2D eigenvalue weighted by Crippen LogP contribution is -2.38. The standard InChI is InChI=1S/C33H37ClN6S/c1-22-18-23(2)21-38(20-22)29-15-14-26(19-27(29)34)40-32(31(36-33(40)41)28-8-5-6-16-35-28)30-9-7-17-39(30)25-12-10-24(11-13-25)37(3)4/h5-17,19,22-23,31-32H,18,20-21H2,1-4H3,(H,36,41)/t22-,23-,31+,32+/m1/s1. The summed E-state index contributed by atoms with van der Waals surface area (Å²) in [5.41, 5.74) is 6.37. The summed E-state index contributed by atoms with van der Waals surface area (Å²) in [5.74, 6) is 1.29. The monoisotopic (exact) mass is 584 g/mol. The highest BCUT2D eigenvalue weighted by Crippen LogP contribution is 2.44. The SMILES string of the molecule is C[C@@H]1C[C@@H](C)CN(c2ccc(N3C(=S)N[C@@H](c4ccccn4)[C@@H]3c3cccn3-c3ccc(N(C)C)cc3)cc2Cl)C1. The Balaban J connectivity index is 1.41. The molecule has 4 heterocycles. The van der Waals surface area contributed by atoms with Crippen LogP contribution in [0.3, 0.4) is 0 Å². The minimum atomic E-state index is -0.141. The van der Waals surface area contributed by atoms with E-state index in [4.69, 9.17) is 28.8 Å². The first-order valence-corrected chi connectivity index (χ1v) is 15.1. The van der Waals surface area contributed by atoms with Gasteiger partial charge in [-0.05, 0) is 97.2 Å². The fourth-order valence-corrected chi connectivity index (χ4v) is 7.12. The van der Waals surface area contributed by atoms with E-state index in [1.165, 1.54) is 6.42 Å². The van der Waals surface area contributed by atoms with E-state index in [2.05, 4.69) is 119 Å². The lowest BCUT2D eigenvalue weighted by atomic mass is 9.91. The minimum absolute atomic E-state index is 0.138. The lowest BCUT2D eigenvalue weighted by Gasteiger charge is -2.37. The van der Waals surface area contributed by atoms with Crippen molar-refractivity contribution in [2.45, 2.75) is 32.4 Å². The van der Waals surface area contributed by atoms with Gasteiger partial charge in [-0.15, -0.1) is 0 Å². The van der Waals surface area contributed by atoms with Crippen molar-refractivity contribution in [3.63, 3.8) is 0 Å². The summed E-state index contributed by atoms with van der Waals surface area (Å²) >= 11 is 13.0. The summed E-state index contributed by atoms with van der Waals surface area (Å²) in [6.07, 6.45) is 5.21. The van der Waals surface area contributed by atoms with Gasteiger partial charge in [-0.25, -0.2) is 0 Å². The topological polar surface area (TPSA) is 39.6 Å².